The third-order valence-electron chi connectivity index (χ3n) is 5.10. The van der Waals surface area contributed by atoms with Crippen molar-refractivity contribution in [2.75, 3.05) is 19.8 Å². The summed E-state index contributed by atoms with van der Waals surface area (Å²) in [5.41, 5.74) is 1.21. The van der Waals surface area contributed by atoms with E-state index in [-0.39, 0.29) is 12.4 Å². The third-order valence-corrected chi connectivity index (χ3v) is 5.10. The Morgan fingerprint density at radius 1 is 0.643 bits per heavy atom. The van der Waals surface area contributed by atoms with Crippen LogP contribution in [0.3, 0.4) is 0 Å². The van der Waals surface area contributed by atoms with Gasteiger partial charge in [0.15, 0.2) is 6.29 Å². The van der Waals surface area contributed by atoms with E-state index in [9.17, 15) is 0 Å². The predicted molar refractivity (Wildman–Crippen MR) is 119 cm³/mol. The first-order valence-corrected chi connectivity index (χ1v) is 11.7. The average Bonchev–Trinajstić information content (AvgIpc) is 2.72. The summed E-state index contributed by atoms with van der Waals surface area (Å²) in [5, 5.41) is 0. The van der Waals surface area contributed by atoms with Gasteiger partial charge in [0.1, 0.15) is 0 Å². The lowest BCUT2D eigenvalue weighted by atomic mass is 10.1. The van der Waals surface area contributed by atoms with Gasteiger partial charge in [-0.3, -0.25) is 0 Å². The van der Waals surface area contributed by atoms with E-state index >= 15 is 0 Å². The SMILES string of the molecule is CCCCCCCCCCCCOC(CC(OCC)OCC)c1ccccc1. The highest BCUT2D eigenvalue weighted by Gasteiger charge is 2.19. The van der Waals surface area contributed by atoms with Gasteiger partial charge in [-0.2, -0.15) is 0 Å². The Bertz CT molecular complexity index is 429. The fourth-order valence-corrected chi connectivity index (χ4v) is 3.51. The lowest BCUT2D eigenvalue weighted by Crippen LogP contribution is -2.22. The molecule has 0 heterocycles. The molecule has 0 radical (unpaired) electrons. The van der Waals surface area contributed by atoms with E-state index in [2.05, 4.69) is 31.2 Å². The van der Waals surface area contributed by atoms with Crippen molar-refractivity contribution in [3.8, 4) is 0 Å². The maximum Gasteiger partial charge on any atom is 0.160 e. The zero-order valence-corrected chi connectivity index (χ0v) is 18.7. The Balaban J connectivity index is 2.26. The maximum atomic E-state index is 6.26. The molecule has 162 valence electrons. The van der Waals surface area contributed by atoms with Crippen molar-refractivity contribution in [3.63, 3.8) is 0 Å². The minimum Gasteiger partial charge on any atom is -0.373 e. The number of hydrogen-bond donors (Lipinski definition) is 0. The standard InChI is InChI=1S/C25H44O3/c1-4-7-8-9-10-11-12-13-14-18-21-28-24(23-19-16-15-17-20-23)22-25(26-5-2)27-6-3/h15-17,19-20,24-25H,4-14,18,21-22H2,1-3H3. The fraction of sp³-hybridized carbons (Fsp3) is 0.760. The number of rotatable bonds is 19. The van der Waals surface area contributed by atoms with Crippen molar-refractivity contribution in [1.82, 2.24) is 0 Å². The summed E-state index contributed by atoms with van der Waals surface area (Å²) < 4.78 is 17.7. The van der Waals surface area contributed by atoms with Crippen LogP contribution in [0.2, 0.25) is 0 Å². The van der Waals surface area contributed by atoms with Gasteiger partial charge in [-0.1, -0.05) is 95.0 Å². The van der Waals surface area contributed by atoms with Crippen molar-refractivity contribution in [2.24, 2.45) is 0 Å². The molecule has 0 fully saturated rings. The van der Waals surface area contributed by atoms with Crippen LogP contribution in [0, 0.1) is 0 Å². The van der Waals surface area contributed by atoms with Crippen LogP contribution in [0.15, 0.2) is 30.3 Å². The Labute approximate surface area is 174 Å². The highest BCUT2D eigenvalue weighted by atomic mass is 16.7. The summed E-state index contributed by atoms with van der Waals surface area (Å²) in [7, 11) is 0. The van der Waals surface area contributed by atoms with Crippen molar-refractivity contribution in [2.45, 2.75) is 104 Å². The maximum absolute atomic E-state index is 6.26. The lowest BCUT2D eigenvalue weighted by molar-refractivity contribution is -0.158. The number of hydrogen-bond acceptors (Lipinski definition) is 3. The zero-order chi connectivity index (χ0) is 20.3. The molecule has 1 aromatic rings. The van der Waals surface area contributed by atoms with E-state index in [1.807, 2.05) is 19.9 Å². The molecule has 3 nitrogen and oxygen atoms in total. The van der Waals surface area contributed by atoms with Crippen LogP contribution >= 0.6 is 0 Å². The summed E-state index contributed by atoms with van der Waals surface area (Å²) in [6.45, 7) is 8.41. The summed E-state index contributed by atoms with van der Waals surface area (Å²) in [6, 6.07) is 10.5. The number of ether oxygens (including phenoxy) is 3. The fourth-order valence-electron chi connectivity index (χ4n) is 3.51. The topological polar surface area (TPSA) is 27.7 Å². The van der Waals surface area contributed by atoms with Gasteiger partial charge in [0.2, 0.25) is 0 Å². The molecule has 0 saturated carbocycles. The van der Waals surface area contributed by atoms with Gasteiger partial charge in [0, 0.05) is 26.2 Å². The zero-order valence-electron chi connectivity index (χ0n) is 18.7. The molecule has 28 heavy (non-hydrogen) atoms. The minimum absolute atomic E-state index is 0.0304. The van der Waals surface area contributed by atoms with Gasteiger partial charge in [0.25, 0.3) is 0 Å². The van der Waals surface area contributed by atoms with Crippen LogP contribution in [0.5, 0.6) is 0 Å². The van der Waals surface area contributed by atoms with E-state index in [1.165, 1.54) is 63.4 Å². The largest absolute Gasteiger partial charge is 0.373 e. The second-order valence-corrected chi connectivity index (χ2v) is 7.53. The molecule has 0 N–H and O–H groups in total. The van der Waals surface area contributed by atoms with Crippen LogP contribution < -0.4 is 0 Å². The van der Waals surface area contributed by atoms with Crippen LogP contribution in [0.4, 0.5) is 0 Å². The molecule has 0 spiro atoms. The molecular weight excluding hydrogens is 348 g/mol. The van der Waals surface area contributed by atoms with Gasteiger partial charge in [0.05, 0.1) is 6.10 Å². The van der Waals surface area contributed by atoms with Crippen LogP contribution in [-0.4, -0.2) is 26.1 Å². The first-order valence-electron chi connectivity index (χ1n) is 11.7. The summed E-state index contributed by atoms with van der Waals surface area (Å²) in [5.74, 6) is 0. The van der Waals surface area contributed by atoms with Crippen LogP contribution in [0.25, 0.3) is 0 Å². The normalized spacial score (nSPS) is 12.6. The van der Waals surface area contributed by atoms with E-state index in [4.69, 9.17) is 14.2 Å². The van der Waals surface area contributed by atoms with Crippen molar-refractivity contribution in [3.05, 3.63) is 35.9 Å². The molecule has 0 bridgehead atoms. The van der Waals surface area contributed by atoms with Gasteiger partial charge in [-0.05, 0) is 25.8 Å². The average molecular weight is 393 g/mol. The molecule has 1 rings (SSSR count). The molecule has 0 amide bonds. The highest BCUT2D eigenvalue weighted by Crippen LogP contribution is 2.25. The molecular formula is C25H44O3. The Kier molecular flexibility index (Phi) is 16.3. The quantitative estimate of drug-likeness (QED) is 0.181. The smallest absolute Gasteiger partial charge is 0.160 e. The second-order valence-electron chi connectivity index (χ2n) is 7.53. The van der Waals surface area contributed by atoms with Crippen molar-refractivity contribution < 1.29 is 14.2 Å². The van der Waals surface area contributed by atoms with Gasteiger partial charge in [-0.15, -0.1) is 0 Å². The van der Waals surface area contributed by atoms with E-state index < -0.39 is 0 Å². The first-order chi connectivity index (χ1) is 13.8. The van der Waals surface area contributed by atoms with Crippen molar-refractivity contribution >= 4 is 0 Å². The van der Waals surface area contributed by atoms with E-state index in [0.717, 1.165) is 19.4 Å². The van der Waals surface area contributed by atoms with E-state index in [0.29, 0.717) is 13.2 Å². The Morgan fingerprint density at radius 3 is 1.71 bits per heavy atom. The first kappa shape index (κ1) is 25.1. The van der Waals surface area contributed by atoms with Crippen LogP contribution in [0.1, 0.15) is 103 Å². The number of unbranched alkanes of at least 4 members (excludes halogenated alkanes) is 9. The summed E-state index contributed by atoms with van der Waals surface area (Å²) in [4.78, 5) is 0. The molecule has 3 heteroatoms. The second kappa shape index (κ2) is 18.1. The van der Waals surface area contributed by atoms with Gasteiger partial charge < -0.3 is 14.2 Å². The van der Waals surface area contributed by atoms with Gasteiger partial charge in [-0.25, -0.2) is 0 Å². The molecule has 1 aromatic carbocycles. The van der Waals surface area contributed by atoms with Crippen molar-refractivity contribution in [1.29, 1.82) is 0 Å². The minimum atomic E-state index is -0.201. The molecule has 1 unspecified atom stereocenters. The Morgan fingerprint density at radius 2 is 1.18 bits per heavy atom. The van der Waals surface area contributed by atoms with E-state index in [1.54, 1.807) is 0 Å². The number of benzene rings is 1. The lowest BCUT2D eigenvalue weighted by Gasteiger charge is -2.24. The summed E-state index contributed by atoms with van der Waals surface area (Å²) in [6.07, 6.45) is 14.0. The molecule has 0 aromatic heterocycles. The third kappa shape index (κ3) is 12.5. The highest BCUT2D eigenvalue weighted by molar-refractivity contribution is 5.17. The van der Waals surface area contributed by atoms with Gasteiger partial charge >= 0.3 is 0 Å². The molecule has 0 aliphatic heterocycles. The predicted octanol–water partition coefficient (Wildman–Crippen LogP) is 7.45. The Hall–Kier alpha value is -0.900. The molecule has 1 atom stereocenters. The summed E-state index contributed by atoms with van der Waals surface area (Å²) >= 11 is 0. The monoisotopic (exact) mass is 392 g/mol. The molecule has 0 aliphatic rings. The molecule has 0 aliphatic carbocycles. The molecule has 0 saturated heterocycles. The van der Waals surface area contributed by atoms with Crippen LogP contribution in [-0.2, 0) is 14.2 Å².